The predicted octanol–water partition coefficient (Wildman–Crippen LogP) is 1.83. The van der Waals surface area contributed by atoms with Gasteiger partial charge >= 0.3 is 12.0 Å². The van der Waals surface area contributed by atoms with Crippen molar-refractivity contribution in [3.63, 3.8) is 0 Å². The van der Waals surface area contributed by atoms with Gasteiger partial charge in [0.2, 0.25) is 0 Å². The maximum Gasteiger partial charge on any atom is 0.323 e. The molecule has 2 amide bonds. The SMILES string of the molecule is CCN(CC(=O)O)C(=O)Nc1ccc(C(C)=O)cc1. The molecule has 1 aromatic carbocycles. The average molecular weight is 264 g/mol. The molecular formula is C13H16N2O4. The van der Waals surface area contributed by atoms with Gasteiger partial charge in [-0.3, -0.25) is 9.59 Å². The largest absolute Gasteiger partial charge is 0.480 e. The molecule has 19 heavy (non-hydrogen) atoms. The molecule has 1 rings (SSSR count). The van der Waals surface area contributed by atoms with Crippen LogP contribution in [0.15, 0.2) is 24.3 Å². The first-order valence-corrected chi connectivity index (χ1v) is 5.82. The molecule has 0 aromatic heterocycles. The summed E-state index contributed by atoms with van der Waals surface area (Å²) in [6.07, 6.45) is 0. The summed E-state index contributed by atoms with van der Waals surface area (Å²) in [5, 5.41) is 11.2. The quantitative estimate of drug-likeness (QED) is 0.794. The lowest BCUT2D eigenvalue weighted by atomic mass is 10.1. The number of amides is 2. The second-order valence-electron chi connectivity index (χ2n) is 3.97. The number of Topliss-reactive ketones (excluding diaryl/α,β-unsaturated/α-hetero) is 1. The van der Waals surface area contributed by atoms with Gasteiger partial charge in [0, 0.05) is 17.8 Å². The zero-order valence-electron chi connectivity index (χ0n) is 10.8. The lowest BCUT2D eigenvalue weighted by molar-refractivity contribution is -0.137. The number of nitrogens with zero attached hydrogens (tertiary/aromatic N) is 1. The normalized spacial score (nSPS) is 9.79. The van der Waals surface area contributed by atoms with Gasteiger partial charge in [-0.05, 0) is 38.1 Å². The number of rotatable bonds is 5. The average Bonchev–Trinajstić information content (AvgIpc) is 2.36. The molecule has 6 nitrogen and oxygen atoms in total. The number of carbonyl (C=O) groups is 3. The summed E-state index contributed by atoms with van der Waals surface area (Å²) in [5.74, 6) is -1.12. The number of likely N-dealkylation sites (N-methyl/N-ethyl adjacent to an activating group) is 1. The van der Waals surface area contributed by atoms with Crippen molar-refractivity contribution < 1.29 is 19.5 Å². The van der Waals surface area contributed by atoms with Crippen LogP contribution in [0.5, 0.6) is 0 Å². The van der Waals surface area contributed by atoms with Crippen LogP contribution in [0.1, 0.15) is 24.2 Å². The summed E-state index contributed by atoms with van der Waals surface area (Å²) in [7, 11) is 0. The van der Waals surface area contributed by atoms with Gasteiger partial charge in [0.05, 0.1) is 0 Å². The van der Waals surface area contributed by atoms with Crippen LogP contribution in [0.4, 0.5) is 10.5 Å². The van der Waals surface area contributed by atoms with E-state index in [4.69, 9.17) is 5.11 Å². The van der Waals surface area contributed by atoms with Gasteiger partial charge in [0.25, 0.3) is 0 Å². The van der Waals surface area contributed by atoms with Crippen molar-refractivity contribution in [2.75, 3.05) is 18.4 Å². The second-order valence-corrected chi connectivity index (χ2v) is 3.97. The van der Waals surface area contributed by atoms with Crippen LogP contribution in [-0.2, 0) is 4.79 Å². The summed E-state index contributed by atoms with van der Waals surface area (Å²) in [4.78, 5) is 34.6. The number of hydrogen-bond donors (Lipinski definition) is 2. The third-order valence-corrected chi connectivity index (χ3v) is 2.54. The van der Waals surface area contributed by atoms with Crippen LogP contribution in [0.25, 0.3) is 0 Å². The van der Waals surface area contributed by atoms with E-state index in [0.29, 0.717) is 17.8 Å². The minimum Gasteiger partial charge on any atom is -0.480 e. The summed E-state index contributed by atoms with van der Waals surface area (Å²) in [6.45, 7) is 3.10. The number of carboxylic acid groups (broad SMARTS) is 1. The number of urea groups is 1. The van der Waals surface area contributed by atoms with Crippen LogP contribution in [0.3, 0.4) is 0 Å². The zero-order valence-corrected chi connectivity index (χ0v) is 10.8. The molecule has 1 aromatic rings. The maximum atomic E-state index is 11.8. The number of nitrogens with one attached hydrogen (secondary N) is 1. The van der Waals surface area contributed by atoms with E-state index >= 15 is 0 Å². The van der Waals surface area contributed by atoms with Gasteiger partial charge in [0.1, 0.15) is 6.54 Å². The Morgan fingerprint density at radius 1 is 1.21 bits per heavy atom. The van der Waals surface area contributed by atoms with E-state index in [0.717, 1.165) is 0 Å². The number of anilines is 1. The highest BCUT2D eigenvalue weighted by atomic mass is 16.4. The second kappa shape index (κ2) is 6.53. The number of hydrogen-bond acceptors (Lipinski definition) is 3. The van der Waals surface area contributed by atoms with Crippen molar-refractivity contribution in [2.45, 2.75) is 13.8 Å². The minimum atomic E-state index is -1.07. The fourth-order valence-electron chi connectivity index (χ4n) is 1.48. The monoisotopic (exact) mass is 264 g/mol. The van der Waals surface area contributed by atoms with Gasteiger partial charge in [-0.25, -0.2) is 4.79 Å². The number of ketones is 1. The van der Waals surface area contributed by atoms with E-state index in [2.05, 4.69) is 5.32 Å². The van der Waals surface area contributed by atoms with Crippen molar-refractivity contribution >= 4 is 23.5 Å². The summed E-state index contributed by atoms with van der Waals surface area (Å²) < 4.78 is 0. The van der Waals surface area contributed by atoms with E-state index in [-0.39, 0.29) is 12.3 Å². The molecule has 0 saturated carbocycles. The van der Waals surface area contributed by atoms with Crippen molar-refractivity contribution in [2.24, 2.45) is 0 Å². The lowest BCUT2D eigenvalue weighted by Gasteiger charge is -2.19. The number of carboxylic acids is 1. The van der Waals surface area contributed by atoms with E-state index in [1.807, 2.05) is 0 Å². The first kappa shape index (κ1) is 14.7. The van der Waals surface area contributed by atoms with Crippen molar-refractivity contribution in [3.05, 3.63) is 29.8 Å². The van der Waals surface area contributed by atoms with Crippen molar-refractivity contribution in [1.82, 2.24) is 4.90 Å². The fraction of sp³-hybridized carbons (Fsp3) is 0.308. The smallest absolute Gasteiger partial charge is 0.323 e. The predicted molar refractivity (Wildman–Crippen MR) is 70.3 cm³/mol. The van der Waals surface area contributed by atoms with Crippen LogP contribution in [0.2, 0.25) is 0 Å². The maximum absolute atomic E-state index is 11.8. The molecule has 0 heterocycles. The van der Waals surface area contributed by atoms with Crippen molar-refractivity contribution in [1.29, 1.82) is 0 Å². The Morgan fingerprint density at radius 2 is 1.79 bits per heavy atom. The van der Waals surface area contributed by atoms with Crippen molar-refractivity contribution in [3.8, 4) is 0 Å². The first-order chi connectivity index (χ1) is 8.93. The van der Waals surface area contributed by atoms with Gasteiger partial charge in [-0.15, -0.1) is 0 Å². The highest BCUT2D eigenvalue weighted by molar-refractivity contribution is 5.95. The van der Waals surface area contributed by atoms with Crippen LogP contribution in [0, 0.1) is 0 Å². The Hall–Kier alpha value is -2.37. The van der Waals surface area contributed by atoms with Gasteiger partial charge in [-0.1, -0.05) is 0 Å². The van der Waals surface area contributed by atoms with Crippen LogP contribution < -0.4 is 5.32 Å². The molecule has 0 radical (unpaired) electrons. The Morgan fingerprint density at radius 3 is 2.21 bits per heavy atom. The van der Waals surface area contributed by atoms with E-state index in [9.17, 15) is 14.4 Å². The molecule has 0 aliphatic carbocycles. The molecule has 2 N–H and O–H groups in total. The molecule has 0 unspecified atom stereocenters. The van der Waals surface area contributed by atoms with E-state index in [1.165, 1.54) is 11.8 Å². The third-order valence-electron chi connectivity index (χ3n) is 2.54. The third kappa shape index (κ3) is 4.42. The van der Waals surface area contributed by atoms with Crippen LogP contribution >= 0.6 is 0 Å². The highest BCUT2D eigenvalue weighted by Crippen LogP contribution is 2.10. The van der Waals surface area contributed by atoms with Gasteiger partial charge in [-0.2, -0.15) is 0 Å². The Balaban J connectivity index is 2.70. The van der Waals surface area contributed by atoms with E-state index < -0.39 is 12.0 Å². The first-order valence-electron chi connectivity index (χ1n) is 5.82. The summed E-state index contributed by atoms with van der Waals surface area (Å²) in [6, 6.07) is 5.92. The van der Waals surface area contributed by atoms with Crippen LogP contribution in [-0.4, -0.2) is 40.9 Å². The Labute approximate surface area is 111 Å². The molecule has 102 valence electrons. The standard InChI is InChI=1S/C13H16N2O4/c1-3-15(8-12(17)18)13(19)14-11-6-4-10(5-7-11)9(2)16/h4-7H,3,8H2,1-2H3,(H,14,19)(H,17,18). The fourth-order valence-corrected chi connectivity index (χ4v) is 1.48. The summed E-state index contributed by atoms with van der Waals surface area (Å²) >= 11 is 0. The molecule has 0 bridgehead atoms. The zero-order chi connectivity index (χ0) is 14.4. The molecule has 0 atom stereocenters. The lowest BCUT2D eigenvalue weighted by Crippen LogP contribution is -2.38. The number of benzene rings is 1. The minimum absolute atomic E-state index is 0.0565. The molecule has 0 fully saturated rings. The van der Waals surface area contributed by atoms with Gasteiger partial charge < -0.3 is 15.3 Å². The molecule has 0 aliphatic rings. The molecule has 6 heteroatoms. The molecule has 0 aliphatic heterocycles. The Bertz CT molecular complexity index is 482. The molecule has 0 spiro atoms. The molecule has 0 saturated heterocycles. The number of carbonyl (C=O) groups excluding carboxylic acids is 2. The topological polar surface area (TPSA) is 86.7 Å². The Kier molecular flexibility index (Phi) is 5.05. The van der Waals surface area contributed by atoms with Gasteiger partial charge in [0.15, 0.2) is 5.78 Å². The summed E-state index contributed by atoms with van der Waals surface area (Å²) in [5.41, 5.74) is 1.06. The number of aliphatic carboxylic acids is 1. The van der Waals surface area contributed by atoms with E-state index in [1.54, 1.807) is 31.2 Å². The molecular weight excluding hydrogens is 248 g/mol. The highest BCUT2D eigenvalue weighted by Gasteiger charge is 2.14.